The van der Waals surface area contributed by atoms with Gasteiger partial charge in [-0.05, 0) is 86.4 Å². The molecule has 0 saturated heterocycles. The van der Waals surface area contributed by atoms with E-state index in [2.05, 4.69) is 33.8 Å². The number of carboxylic acid groups (broad SMARTS) is 1. The third kappa shape index (κ3) is 7.84. The second-order valence-corrected chi connectivity index (χ2v) is 11.6. The number of hydrogen-bond acceptors (Lipinski definition) is 2. The lowest BCUT2D eigenvalue weighted by Crippen LogP contribution is -2.44. The van der Waals surface area contributed by atoms with Crippen LogP contribution in [-0.4, -0.2) is 23.8 Å². The molecular weight excluding hydrogens is 408 g/mol. The monoisotopic (exact) mass is 462 g/mol. The molecule has 0 amide bonds. The first-order valence-electron chi connectivity index (χ1n) is 14.4. The molecule has 0 heterocycles. The molecule has 5 unspecified atom stereocenters. The molecule has 4 aliphatic rings. The van der Waals surface area contributed by atoms with Gasteiger partial charge < -0.3 is 9.84 Å². The highest BCUT2D eigenvalue weighted by atomic mass is 16.5. The highest BCUT2D eigenvalue weighted by Crippen LogP contribution is 2.61. The van der Waals surface area contributed by atoms with E-state index in [1.807, 2.05) is 13.8 Å². The maximum atomic E-state index is 10.7. The van der Waals surface area contributed by atoms with E-state index in [1.165, 1.54) is 70.6 Å². The molecule has 0 aromatic heterocycles. The maximum absolute atomic E-state index is 10.7. The smallest absolute Gasteiger partial charge is 0.329 e. The van der Waals surface area contributed by atoms with Crippen LogP contribution in [0, 0.1) is 35.0 Å². The van der Waals surface area contributed by atoms with Gasteiger partial charge in [-0.25, -0.2) is 4.79 Å². The number of ether oxygens (including phenoxy) is 1. The predicted octanol–water partition coefficient (Wildman–Crippen LogP) is 8.67. The van der Waals surface area contributed by atoms with Crippen molar-refractivity contribution >= 4 is 5.97 Å². The number of hydrogen-bond donors (Lipinski definition) is 1. The van der Waals surface area contributed by atoms with Crippen LogP contribution < -0.4 is 0 Å². The first kappa shape index (κ1) is 28.4. The van der Waals surface area contributed by atoms with Gasteiger partial charge in [-0.3, -0.25) is 0 Å². The fraction of sp³-hybridized carbons (Fsp3) is 0.900. The van der Waals surface area contributed by atoms with Crippen LogP contribution >= 0.6 is 0 Å². The molecule has 3 heteroatoms. The van der Waals surface area contributed by atoms with Crippen molar-refractivity contribution in [1.29, 1.82) is 0 Å². The van der Waals surface area contributed by atoms with E-state index in [4.69, 9.17) is 9.84 Å². The van der Waals surface area contributed by atoms with Gasteiger partial charge in [-0.2, -0.15) is 0 Å². The van der Waals surface area contributed by atoms with Gasteiger partial charge in [0.15, 0.2) is 0 Å². The topological polar surface area (TPSA) is 46.5 Å². The quantitative estimate of drug-likeness (QED) is 0.304. The molecular formula is C30H54O3. The van der Waals surface area contributed by atoms with Gasteiger partial charge in [0, 0.05) is 0 Å². The Balaban J connectivity index is 0.000000330. The molecule has 0 aromatic rings. The molecule has 1 N–H and O–H groups in total. The van der Waals surface area contributed by atoms with Gasteiger partial charge in [0.2, 0.25) is 0 Å². The van der Waals surface area contributed by atoms with Crippen LogP contribution in [0.2, 0.25) is 0 Å². The predicted molar refractivity (Wildman–Crippen MR) is 139 cm³/mol. The second kappa shape index (κ2) is 13.9. The summed E-state index contributed by atoms with van der Waals surface area (Å²) < 4.78 is 5.57. The van der Waals surface area contributed by atoms with Crippen LogP contribution in [0.15, 0.2) is 11.6 Å². The Hall–Kier alpha value is -0.830. The third-order valence-corrected chi connectivity index (χ3v) is 9.01. The lowest BCUT2D eigenvalue weighted by atomic mass is 9.53. The van der Waals surface area contributed by atoms with Crippen LogP contribution in [0.25, 0.3) is 0 Å². The summed E-state index contributed by atoms with van der Waals surface area (Å²) in [6.45, 7) is 13.2. The third-order valence-electron chi connectivity index (χ3n) is 9.01. The fourth-order valence-electron chi connectivity index (χ4n) is 7.36. The van der Waals surface area contributed by atoms with Crippen LogP contribution in [0.3, 0.4) is 0 Å². The molecule has 3 saturated carbocycles. The minimum absolute atomic E-state index is 0.130. The second-order valence-electron chi connectivity index (χ2n) is 11.6. The van der Waals surface area contributed by atoms with Crippen molar-refractivity contribution in [3.05, 3.63) is 11.6 Å². The highest BCUT2D eigenvalue weighted by molar-refractivity contribution is 5.68. The number of fused-ring (bicyclic) bond motifs is 5. The molecule has 0 radical (unpaired) electrons. The van der Waals surface area contributed by atoms with Crippen molar-refractivity contribution in [2.45, 2.75) is 131 Å². The van der Waals surface area contributed by atoms with Crippen LogP contribution in [0.5, 0.6) is 0 Å². The Morgan fingerprint density at radius 2 is 1.88 bits per heavy atom. The zero-order valence-corrected chi connectivity index (χ0v) is 22.7. The first-order valence-corrected chi connectivity index (χ1v) is 14.4. The van der Waals surface area contributed by atoms with Gasteiger partial charge in [0.25, 0.3) is 0 Å². The van der Waals surface area contributed by atoms with Gasteiger partial charge in [-0.1, -0.05) is 85.3 Å². The molecule has 6 atom stereocenters. The Morgan fingerprint density at radius 1 is 1.12 bits per heavy atom. The SMILES string of the molecule is CC.CC12CCCC1C1CC=C3C[C@@H](OCC(=O)O)CCC3C1CC2.CCCCCC(C)C. The Labute approximate surface area is 205 Å². The molecule has 0 aromatic carbocycles. The zero-order valence-electron chi connectivity index (χ0n) is 22.7. The molecule has 192 valence electrons. The Bertz CT molecular complexity index is 610. The molecule has 0 bridgehead atoms. The standard InChI is InChI=1S/C20H30O3.C8H18.C2H6/c1-20-9-2-3-18(20)17-6-4-13-11-14(23-12-19(21)22)5-7-15(13)16(17)8-10-20;1-4-5-6-7-8(2)3;1-2/h4,14-18H,2-3,5-12H2,1H3,(H,21,22);8H,4-7H2,1-3H3;1-2H3/t14-,15?,16?,17?,18?,20?;;/m0../s1. The minimum atomic E-state index is -0.849. The average molecular weight is 463 g/mol. The highest BCUT2D eigenvalue weighted by Gasteiger charge is 2.51. The summed E-state index contributed by atoms with van der Waals surface area (Å²) >= 11 is 0. The summed E-state index contributed by atoms with van der Waals surface area (Å²) in [6, 6.07) is 0. The maximum Gasteiger partial charge on any atom is 0.329 e. The lowest BCUT2D eigenvalue weighted by molar-refractivity contribution is -0.145. The van der Waals surface area contributed by atoms with E-state index in [0.29, 0.717) is 5.41 Å². The summed E-state index contributed by atoms with van der Waals surface area (Å²) in [7, 11) is 0. The molecule has 33 heavy (non-hydrogen) atoms. The lowest BCUT2D eigenvalue weighted by Gasteiger charge is -2.52. The first-order chi connectivity index (χ1) is 15.8. The minimum Gasteiger partial charge on any atom is -0.480 e. The largest absolute Gasteiger partial charge is 0.480 e. The summed E-state index contributed by atoms with van der Waals surface area (Å²) in [6.07, 6.45) is 19.9. The number of carbonyl (C=O) groups is 1. The van der Waals surface area contributed by atoms with Crippen molar-refractivity contribution in [3.8, 4) is 0 Å². The number of carboxylic acids is 1. The van der Waals surface area contributed by atoms with Crippen molar-refractivity contribution in [2.75, 3.05) is 6.61 Å². The summed E-state index contributed by atoms with van der Waals surface area (Å²) in [5, 5.41) is 8.80. The fourth-order valence-corrected chi connectivity index (χ4v) is 7.36. The van der Waals surface area contributed by atoms with Crippen molar-refractivity contribution in [3.63, 3.8) is 0 Å². The summed E-state index contributed by atoms with van der Waals surface area (Å²) in [5.41, 5.74) is 2.23. The van der Waals surface area contributed by atoms with Gasteiger partial charge in [0.05, 0.1) is 6.10 Å². The van der Waals surface area contributed by atoms with Gasteiger partial charge in [-0.15, -0.1) is 0 Å². The van der Waals surface area contributed by atoms with E-state index >= 15 is 0 Å². The molecule has 0 aliphatic heterocycles. The van der Waals surface area contributed by atoms with Gasteiger partial charge in [0.1, 0.15) is 6.61 Å². The molecule has 0 spiro atoms. The van der Waals surface area contributed by atoms with E-state index in [-0.39, 0.29) is 12.7 Å². The van der Waals surface area contributed by atoms with Crippen LogP contribution in [0.1, 0.15) is 125 Å². The van der Waals surface area contributed by atoms with Crippen molar-refractivity contribution in [2.24, 2.45) is 35.0 Å². The Morgan fingerprint density at radius 3 is 2.55 bits per heavy atom. The van der Waals surface area contributed by atoms with Crippen LogP contribution in [0.4, 0.5) is 0 Å². The van der Waals surface area contributed by atoms with E-state index < -0.39 is 5.97 Å². The van der Waals surface area contributed by atoms with E-state index in [9.17, 15) is 4.79 Å². The summed E-state index contributed by atoms with van der Waals surface area (Å²) in [5.74, 6) is 3.59. The van der Waals surface area contributed by atoms with E-state index in [1.54, 1.807) is 5.57 Å². The molecule has 4 aliphatic carbocycles. The van der Waals surface area contributed by atoms with Crippen molar-refractivity contribution in [1.82, 2.24) is 0 Å². The average Bonchev–Trinajstić information content (AvgIpc) is 3.21. The number of rotatable bonds is 7. The Kier molecular flexibility index (Phi) is 12.0. The number of unbranched alkanes of at least 4 members (excludes halogenated alkanes) is 2. The molecule has 3 fully saturated rings. The molecule has 3 nitrogen and oxygen atoms in total. The van der Waals surface area contributed by atoms with E-state index in [0.717, 1.165) is 42.4 Å². The van der Waals surface area contributed by atoms with Gasteiger partial charge >= 0.3 is 5.97 Å². The molecule has 4 rings (SSSR count). The van der Waals surface area contributed by atoms with Crippen LogP contribution in [-0.2, 0) is 9.53 Å². The normalized spacial score (nSPS) is 34.5. The summed E-state index contributed by atoms with van der Waals surface area (Å²) in [4.78, 5) is 10.7. The zero-order chi connectivity index (χ0) is 24.4. The van der Waals surface area contributed by atoms with Crippen molar-refractivity contribution < 1.29 is 14.6 Å². The number of allylic oxidation sites excluding steroid dienone is 1. The number of aliphatic carboxylic acids is 1.